The van der Waals surface area contributed by atoms with Gasteiger partial charge < -0.3 is 10.1 Å². The maximum Gasteiger partial charge on any atom is 0.243 e. The number of carbonyl (C=O) groups is 2. The first kappa shape index (κ1) is 23.5. The molecule has 174 valence electrons. The Hall–Kier alpha value is -3.65. The van der Waals surface area contributed by atoms with Crippen LogP contribution in [0.4, 0.5) is 11.4 Å². The van der Waals surface area contributed by atoms with E-state index in [4.69, 9.17) is 9.73 Å². The SMILES string of the molecule is COc1ccccc1NC(=O)CC1SC(=Nc2cc(C)cc(C)c2)N(Cc2ccccn2)C1=O. The molecule has 2 heterocycles. The van der Waals surface area contributed by atoms with Gasteiger partial charge in [-0.15, -0.1) is 0 Å². The van der Waals surface area contributed by atoms with Gasteiger partial charge in [-0.25, -0.2) is 4.99 Å². The van der Waals surface area contributed by atoms with Gasteiger partial charge >= 0.3 is 0 Å². The fraction of sp³-hybridized carbons (Fsp3) is 0.231. The molecule has 8 heteroatoms. The molecule has 1 N–H and O–H groups in total. The smallest absolute Gasteiger partial charge is 0.243 e. The minimum Gasteiger partial charge on any atom is -0.495 e. The molecular formula is C26H26N4O3S. The summed E-state index contributed by atoms with van der Waals surface area (Å²) in [5, 5.41) is 2.84. The van der Waals surface area contributed by atoms with Gasteiger partial charge in [0.05, 0.1) is 30.7 Å². The zero-order valence-corrected chi connectivity index (χ0v) is 20.1. The zero-order chi connectivity index (χ0) is 24.1. The second-order valence-electron chi connectivity index (χ2n) is 8.04. The Morgan fingerprint density at radius 2 is 1.85 bits per heavy atom. The van der Waals surface area contributed by atoms with Gasteiger partial charge in [0.25, 0.3) is 0 Å². The number of para-hydroxylation sites is 2. The average Bonchev–Trinajstić information content (AvgIpc) is 3.08. The number of hydrogen-bond donors (Lipinski definition) is 1. The molecule has 4 rings (SSSR count). The van der Waals surface area contributed by atoms with Crippen molar-refractivity contribution in [1.29, 1.82) is 0 Å². The standard InChI is InChI=1S/C26H26N4O3S/c1-17-12-18(2)14-20(13-17)28-26-30(16-19-8-6-7-11-27-19)25(32)23(34-26)15-24(31)29-21-9-4-5-10-22(21)33-3/h4-14,23H,15-16H2,1-3H3,(H,29,31). The van der Waals surface area contributed by atoms with E-state index < -0.39 is 5.25 Å². The van der Waals surface area contributed by atoms with Gasteiger partial charge in [-0.2, -0.15) is 0 Å². The van der Waals surface area contributed by atoms with Crippen molar-refractivity contribution in [2.45, 2.75) is 32.1 Å². The molecule has 0 saturated carbocycles. The first-order chi connectivity index (χ1) is 16.4. The fourth-order valence-electron chi connectivity index (χ4n) is 3.77. The molecule has 34 heavy (non-hydrogen) atoms. The van der Waals surface area contributed by atoms with E-state index in [1.807, 2.05) is 56.3 Å². The van der Waals surface area contributed by atoms with Crippen molar-refractivity contribution in [3.63, 3.8) is 0 Å². The molecule has 0 aliphatic carbocycles. The van der Waals surface area contributed by atoms with E-state index in [1.54, 1.807) is 30.3 Å². The summed E-state index contributed by atoms with van der Waals surface area (Å²) in [5.41, 5.74) is 4.29. The van der Waals surface area contributed by atoms with E-state index in [1.165, 1.54) is 11.8 Å². The third-order valence-corrected chi connectivity index (χ3v) is 6.42. The van der Waals surface area contributed by atoms with Gasteiger partial charge in [0.15, 0.2) is 5.17 Å². The van der Waals surface area contributed by atoms with Crippen LogP contribution in [0.2, 0.25) is 0 Å². The van der Waals surface area contributed by atoms with Crippen LogP contribution in [0.15, 0.2) is 71.9 Å². The molecule has 1 aliphatic heterocycles. The molecule has 1 atom stereocenters. The summed E-state index contributed by atoms with van der Waals surface area (Å²) < 4.78 is 5.30. The van der Waals surface area contributed by atoms with Gasteiger partial charge in [0.1, 0.15) is 11.0 Å². The Kier molecular flexibility index (Phi) is 7.27. The van der Waals surface area contributed by atoms with E-state index >= 15 is 0 Å². The van der Waals surface area contributed by atoms with Crippen LogP contribution in [-0.4, -0.2) is 39.2 Å². The number of aromatic nitrogens is 1. The number of anilines is 1. The molecule has 3 aromatic rings. The van der Waals surface area contributed by atoms with E-state index in [-0.39, 0.29) is 18.2 Å². The Morgan fingerprint density at radius 1 is 1.12 bits per heavy atom. The predicted octanol–water partition coefficient (Wildman–Crippen LogP) is 4.87. The minimum absolute atomic E-state index is 0.0200. The molecule has 0 radical (unpaired) electrons. The topological polar surface area (TPSA) is 83.9 Å². The average molecular weight is 475 g/mol. The van der Waals surface area contributed by atoms with Crippen LogP contribution >= 0.6 is 11.8 Å². The number of amides is 2. The lowest BCUT2D eigenvalue weighted by molar-refractivity contribution is -0.128. The molecule has 1 saturated heterocycles. The number of carbonyl (C=O) groups excluding carboxylic acids is 2. The number of nitrogens with one attached hydrogen (secondary N) is 1. The highest BCUT2D eigenvalue weighted by atomic mass is 32.2. The van der Waals surface area contributed by atoms with E-state index in [0.29, 0.717) is 23.1 Å². The van der Waals surface area contributed by atoms with Crippen molar-refractivity contribution in [3.05, 3.63) is 83.7 Å². The lowest BCUT2D eigenvalue weighted by Gasteiger charge is -2.16. The first-order valence-corrected chi connectivity index (χ1v) is 11.8. The second-order valence-corrected chi connectivity index (χ2v) is 9.21. The van der Waals surface area contributed by atoms with Crippen molar-refractivity contribution in [2.24, 2.45) is 4.99 Å². The summed E-state index contributed by atoms with van der Waals surface area (Å²) in [6.45, 7) is 4.32. The zero-order valence-electron chi connectivity index (χ0n) is 19.3. The highest BCUT2D eigenvalue weighted by Crippen LogP contribution is 2.33. The van der Waals surface area contributed by atoms with Crippen LogP contribution in [0.3, 0.4) is 0 Å². The van der Waals surface area contributed by atoms with Gasteiger partial charge in [0, 0.05) is 12.6 Å². The monoisotopic (exact) mass is 474 g/mol. The molecule has 0 bridgehead atoms. The number of ether oxygens (including phenoxy) is 1. The summed E-state index contributed by atoms with van der Waals surface area (Å²) in [4.78, 5) is 36.9. The number of rotatable bonds is 7. The van der Waals surface area contributed by atoms with E-state index in [2.05, 4.69) is 16.4 Å². The highest BCUT2D eigenvalue weighted by molar-refractivity contribution is 8.15. The molecule has 0 spiro atoms. The van der Waals surface area contributed by atoms with Crippen molar-refractivity contribution in [2.75, 3.05) is 12.4 Å². The summed E-state index contributed by atoms with van der Waals surface area (Å²) >= 11 is 1.31. The number of nitrogens with zero attached hydrogens (tertiary/aromatic N) is 3. The van der Waals surface area contributed by atoms with Crippen LogP contribution in [0, 0.1) is 13.8 Å². The van der Waals surface area contributed by atoms with Crippen LogP contribution in [0.1, 0.15) is 23.2 Å². The molecular weight excluding hydrogens is 448 g/mol. The van der Waals surface area contributed by atoms with E-state index in [0.717, 1.165) is 22.5 Å². The fourth-order valence-corrected chi connectivity index (χ4v) is 4.92. The summed E-state index contributed by atoms with van der Waals surface area (Å²) in [5.74, 6) is 0.143. The Bertz CT molecular complexity index is 1210. The van der Waals surface area contributed by atoms with Gasteiger partial charge in [-0.05, 0) is 61.4 Å². The van der Waals surface area contributed by atoms with Crippen molar-refractivity contribution >= 4 is 40.1 Å². The van der Waals surface area contributed by atoms with Crippen LogP contribution in [-0.2, 0) is 16.1 Å². The second kappa shape index (κ2) is 10.5. The number of aliphatic imine (C=N–C) groups is 1. The normalized spacial score (nSPS) is 16.7. The maximum atomic E-state index is 13.3. The molecule has 1 unspecified atom stereocenters. The molecule has 2 aromatic carbocycles. The Labute approximate surface area is 203 Å². The van der Waals surface area contributed by atoms with Crippen molar-refractivity contribution in [3.8, 4) is 5.75 Å². The number of aryl methyl sites for hydroxylation is 2. The lowest BCUT2D eigenvalue weighted by Crippen LogP contribution is -2.33. The van der Waals surface area contributed by atoms with Crippen LogP contribution in [0.5, 0.6) is 5.75 Å². The molecule has 1 fully saturated rings. The predicted molar refractivity (Wildman–Crippen MR) is 135 cm³/mol. The Morgan fingerprint density at radius 3 is 2.56 bits per heavy atom. The summed E-state index contributed by atoms with van der Waals surface area (Å²) in [7, 11) is 1.55. The number of amidine groups is 1. The van der Waals surface area contributed by atoms with Crippen LogP contribution < -0.4 is 10.1 Å². The molecule has 7 nitrogen and oxygen atoms in total. The molecule has 1 aromatic heterocycles. The van der Waals surface area contributed by atoms with Gasteiger partial charge in [0.2, 0.25) is 11.8 Å². The number of methoxy groups -OCH3 is 1. The third kappa shape index (κ3) is 5.63. The lowest BCUT2D eigenvalue weighted by atomic mass is 10.1. The number of hydrogen-bond acceptors (Lipinski definition) is 6. The third-order valence-electron chi connectivity index (χ3n) is 5.25. The Balaban J connectivity index is 1.57. The van der Waals surface area contributed by atoms with Crippen molar-refractivity contribution < 1.29 is 14.3 Å². The number of pyridine rings is 1. The quantitative estimate of drug-likeness (QED) is 0.528. The molecule has 2 amide bonds. The number of benzene rings is 2. The van der Waals surface area contributed by atoms with Crippen molar-refractivity contribution in [1.82, 2.24) is 9.88 Å². The first-order valence-electron chi connectivity index (χ1n) is 10.9. The summed E-state index contributed by atoms with van der Waals surface area (Å²) in [6, 6.07) is 18.8. The van der Waals surface area contributed by atoms with E-state index in [9.17, 15) is 9.59 Å². The minimum atomic E-state index is -0.580. The number of thioether (sulfide) groups is 1. The van der Waals surface area contributed by atoms with Gasteiger partial charge in [-0.1, -0.05) is 36.0 Å². The largest absolute Gasteiger partial charge is 0.495 e. The maximum absolute atomic E-state index is 13.3. The highest BCUT2D eigenvalue weighted by Gasteiger charge is 2.39. The van der Waals surface area contributed by atoms with Gasteiger partial charge in [-0.3, -0.25) is 19.5 Å². The molecule has 1 aliphatic rings. The van der Waals surface area contributed by atoms with Crippen LogP contribution in [0.25, 0.3) is 0 Å². The summed E-state index contributed by atoms with van der Waals surface area (Å²) in [6.07, 6.45) is 1.72.